The zero-order valence-corrected chi connectivity index (χ0v) is 18.5. The summed E-state index contributed by atoms with van der Waals surface area (Å²) in [5, 5.41) is 2.55. The molecular formula is C21H41NO5P+. The van der Waals surface area contributed by atoms with Crippen LogP contribution in [0.4, 0.5) is 0 Å². The molecule has 6 nitrogen and oxygen atoms in total. The van der Waals surface area contributed by atoms with Crippen LogP contribution in [-0.2, 0) is 9.59 Å². The summed E-state index contributed by atoms with van der Waals surface area (Å²) in [6, 6.07) is 0. The number of rotatable bonds is 19. The van der Waals surface area contributed by atoms with Crippen LogP contribution in [0.3, 0.4) is 0 Å². The van der Waals surface area contributed by atoms with Crippen LogP contribution in [0, 0.1) is 0 Å². The summed E-state index contributed by atoms with van der Waals surface area (Å²) in [6.45, 7) is 2.26. The quantitative estimate of drug-likeness (QED) is 0.137. The van der Waals surface area contributed by atoms with Crippen molar-refractivity contribution in [2.45, 2.75) is 103 Å². The van der Waals surface area contributed by atoms with Crippen molar-refractivity contribution in [1.82, 2.24) is 5.32 Å². The number of unbranched alkanes of at least 4 members (excludes halogenated alkanes) is 11. The van der Waals surface area contributed by atoms with Gasteiger partial charge < -0.3 is 5.32 Å². The molecule has 7 heteroatoms. The lowest BCUT2D eigenvalue weighted by molar-refractivity contribution is -0.121. The molecule has 0 heterocycles. The predicted octanol–water partition coefficient (Wildman–Crippen LogP) is 4.80. The van der Waals surface area contributed by atoms with E-state index in [1.165, 1.54) is 57.8 Å². The van der Waals surface area contributed by atoms with Crippen molar-refractivity contribution in [2.75, 3.05) is 6.54 Å². The van der Waals surface area contributed by atoms with E-state index in [0.717, 1.165) is 25.7 Å². The van der Waals surface area contributed by atoms with Gasteiger partial charge >= 0.3 is 13.5 Å². The second-order valence-electron chi connectivity index (χ2n) is 7.40. The molecule has 0 spiro atoms. The molecule has 0 radical (unpaired) electrons. The molecule has 0 aliphatic heterocycles. The molecule has 0 bridgehead atoms. The Balaban J connectivity index is 3.35. The molecule has 0 unspecified atom stereocenters. The summed E-state index contributed by atoms with van der Waals surface area (Å²) in [5.74, 6) is -0.150. The molecule has 0 aromatic rings. The fourth-order valence-electron chi connectivity index (χ4n) is 2.90. The predicted molar refractivity (Wildman–Crippen MR) is 116 cm³/mol. The van der Waals surface area contributed by atoms with Crippen LogP contribution < -0.4 is 5.32 Å². The van der Waals surface area contributed by atoms with E-state index >= 15 is 0 Å². The third-order valence-corrected chi connectivity index (χ3v) is 5.55. The first-order chi connectivity index (χ1) is 13.4. The molecule has 0 fully saturated rings. The number of hydrogen-bond donors (Lipinski definition) is 4. The summed E-state index contributed by atoms with van der Waals surface area (Å²) in [6.07, 6.45) is 20.4. The molecule has 28 heavy (non-hydrogen) atoms. The van der Waals surface area contributed by atoms with Crippen LogP contribution in [0.15, 0.2) is 12.2 Å². The van der Waals surface area contributed by atoms with Gasteiger partial charge in [0.05, 0.1) is 6.42 Å². The van der Waals surface area contributed by atoms with Gasteiger partial charge in [0.15, 0.2) is 0 Å². The summed E-state index contributed by atoms with van der Waals surface area (Å²) in [7, 11) is -4.42. The minimum Gasteiger partial charge on any atom is -0.356 e. The Hall–Kier alpha value is -0.810. The zero-order chi connectivity index (χ0) is 21.1. The number of allylic oxidation sites excluding steroid dienone is 2. The van der Waals surface area contributed by atoms with Crippen LogP contribution in [0.1, 0.15) is 103 Å². The topological polar surface area (TPSA) is 107 Å². The number of nitrogens with one attached hydrogen (secondary N) is 1. The van der Waals surface area contributed by atoms with E-state index < -0.39 is 13.5 Å². The molecule has 0 saturated heterocycles. The van der Waals surface area contributed by atoms with Crippen molar-refractivity contribution in [3.8, 4) is 0 Å². The van der Waals surface area contributed by atoms with Crippen molar-refractivity contribution < 1.29 is 24.3 Å². The molecule has 164 valence electrons. The van der Waals surface area contributed by atoms with Crippen LogP contribution in [0.2, 0.25) is 0 Å². The maximum Gasteiger partial charge on any atom is 0.478 e. The molecule has 4 N–H and O–H groups in total. The van der Waals surface area contributed by atoms with Gasteiger partial charge in [-0.15, -0.1) is 0 Å². The van der Waals surface area contributed by atoms with E-state index in [1.54, 1.807) is 0 Å². The molecule has 0 aliphatic carbocycles. The average molecular weight is 419 g/mol. The van der Waals surface area contributed by atoms with Gasteiger partial charge in [-0.2, -0.15) is 14.7 Å². The van der Waals surface area contributed by atoms with Crippen molar-refractivity contribution in [2.24, 2.45) is 0 Å². The number of amides is 1. The standard InChI is InChI=1S/C21H40NO5P/c1-2-3-4-5-6-7-8-9-10-11-12-13-14-15-16-17-20(23)22-19-18-21(24)28(25,26)27/h9-10,25-27H,2-8,11-19H2,1H3/p+1. The Bertz CT molecular complexity index is 435. The number of carbonyl (C=O) groups excluding carboxylic acids is 2. The molecular weight excluding hydrogens is 377 g/mol. The molecule has 1 amide bonds. The molecule has 0 rings (SSSR count). The van der Waals surface area contributed by atoms with E-state index in [1.807, 2.05) is 0 Å². The van der Waals surface area contributed by atoms with Gasteiger partial charge in [0.2, 0.25) is 5.91 Å². The highest BCUT2D eigenvalue weighted by Crippen LogP contribution is 2.46. The van der Waals surface area contributed by atoms with Gasteiger partial charge in [-0.1, -0.05) is 70.4 Å². The van der Waals surface area contributed by atoms with E-state index in [0.29, 0.717) is 6.42 Å². The van der Waals surface area contributed by atoms with Crippen molar-refractivity contribution in [1.29, 1.82) is 0 Å². The van der Waals surface area contributed by atoms with Crippen LogP contribution in [-0.4, -0.2) is 32.7 Å². The smallest absolute Gasteiger partial charge is 0.356 e. The van der Waals surface area contributed by atoms with Crippen LogP contribution in [0.25, 0.3) is 0 Å². The van der Waals surface area contributed by atoms with Gasteiger partial charge in [0, 0.05) is 13.0 Å². The third-order valence-electron chi connectivity index (χ3n) is 4.66. The molecule has 0 aliphatic rings. The largest absolute Gasteiger partial charge is 0.478 e. The van der Waals surface area contributed by atoms with Gasteiger partial charge in [0.1, 0.15) is 0 Å². The second kappa shape index (κ2) is 18.2. The first kappa shape index (κ1) is 27.2. The minimum atomic E-state index is -4.42. The first-order valence-electron chi connectivity index (χ1n) is 10.9. The fraction of sp³-hybridized carbons (Fsp3) is 0.810. The summed E-state index contributed by atoms with van der Waals surface area (Å²) in [5.41, 5.74) is -1.02. The monoisotopic (exact) mass is 418 g/mol. The fourth-order valence-corrected chi connectivity index (χ4v) is 3.32. The van der Waals surface area contributed by atoms with Gasteiger partial charge in [-0.05, 0) is 32.1 Å². The Labute approximate surface area is 171 Å². The molecule has 0 saturated carbocycles. The summed E-state index contributed by atoms with van der Waals surface area (Å²) < 4.78 is 0. The first-order valence-corrected chi connectivity index (χ1v) is 12.5. The highest BCUT2D eigenvalue weighted by Gasteiger charge is 2.41. The summed E-state index contributed by atoms with van der Waals surface area (Å²) in [4.78, 5) is 49.0. The van der Waals surface area contributed by atoms with E-state index in [4.69, 9.17) is 14.7 Å². The second-order valence-corrected chi connectivity index (χ2v) is 9.03. The molecule has 0 aromatic heterocycles. The maximum atomic E-state index is 11.6. The lowest BCUT2D eigenvalue weighted by Gasteiger charge is -2.05. The Morgan fingerprint density at radius 2 is 1.25 bits per heavy atom. The third kappa shape index (κ3) is 18.5. The van der Waals surface area contributed by atoms with Gasteiger partial charge in [-0.25, -0.2) is 4.79 Å². The zero-order valence-electron chi connectivity index (χ0n) is 17.6. The van der Waals surface area contributed by atoms with E-state index in [9.17, 15) is 9.59 Å². The highest BCUT2D eigenvalue weighted by atomic mass is 31.2. The average Bonchev–Trinajstić information content (AvgIpc) is 2.64. The Morgan fingerprint density at radius 3 is 1.79 bits per heavy atom. The van der Waals surface area contributed by atoms with E-state index in [-0.39, 0.29) is 18.9 Å². The lowest BCUT2D eigenvalue weighted by atomic mass is 10.1. The Morgan fingerprint density at radius 1 is 0.750 bits per heavy atom. The van der Waals surface area contributed by atoms with Crippen molar-refractivity contribution >= 4 is 19.4 Å². The lowest BCUT2D eigenvalue weighted by Crippen LogP contribution is -2.26. The number of hydrogen-bond acceptors (Lipinski definition) is 5. The van der Waals surface area contributed by atoms with Gasteiger partial charge in [-0.3, -0.25) is 4.79 Å². The minimum absolute atomic E-state index is 0.0200. The normalized spacial score (nSPS) is 11.9. The van der Waals surface area contributed by atoms with Crippen LogP contribution in [0.5, 0.6) is 0 Å². The van der Waals surface area contributed by atoms with Crippen molar-refractivity contribution in [3.05, 3.63) is 12.2 Å². The molecule has 0 aromatic carbocycles. The maximum absolute atomic E-state index is 11.6. The highest BCUT2D eigenvalue weighted by molar-refractivity contribution is 7.76. The SMILES string of the molecule is CCCCCCCCC=CCCCCCCCC(=O)NCCC(=O)[P+](O)(O)O. The van der Waals surface area contributed by atoms with Gasteiger partial charge in [0.25, 0.3) is 0 Å². The molecule has 0 atom stereocenters. The summed E-state index contributed by atoms with van der Waals surface area (Å²) >= 11 is 0. The van der Waals surface area contributed by atoms with E-state index in [2.05, 4.69) is 24.4 Å². The van der Waals surface area contributed by atoms with Crippen molar-refractivity contribution in [3.63, 3.8) is 0 Å². The number of carbonyl (C=O) groups is 2. The Kier molecular flexibility index (Phi) is 17.7. The van der Waals surface area contributed by atoms with Crippen LogP contribution >= 0.6 is 7.94 Å².